The van der Waals surface area contributed by atoms with Gasteiger partial charge in [0, 0.05) is 36.5 Å². The number of aliphatic hydroxyl groups excluding tert-OH is 2. The summed E-state index contributed by atoms with van der Waals surface area (Å²) in [5.41, 5.74) is 3.60. The Hall–Kier alpha value is -2.43. The smallest absolute Gasteiger partial charge is 0.303 e. The van der Waals surface area contributed by atoms with E-state index in [2.05, 4.69) is 5.32 Å². The minimum absolute atomic E-state index is 0.00960. The van der Waals surface area contributed by atoms with Gasteiger partial charge in [0.15, 0.2) is 6.29 Å². The van der Waals surface area contributed by atoms with Gasteiger partial charge in [-0.2, -0.15) is 11.8 Å². The highest BCUT2D eigenvalue weighted by Crippen LogP contribution is 2.38. The number of hydrogen-bond acceptors (Lipinski definition) is 7. The third-order valence-electron chi connectivity index (χ3n) is 5.46. The van der Waals surface area contributed by atoms with E-state index in [0.29, 0.717) is 18.7 Å². The van der Waals surface area contributed by atoms with Crippen molar-refractivity contribution in [2.75, 3.05) is 18.1 Å². The average Bonchev–Trinajstić information content (AvgIpc) is 2.86. The van der Waals surface area contributed by atoms with Crippen LogP contribution in [0.4, 0.5) is 0 Å². The SMILES string of the molecule is O=C(O)CCC(=O)NCc1ccc([C@@H]2O[C@H](CSCCO)C[C@H](c3ccc(CO)cc3)O2)cc1. The molecule has 0 bridgehead atoms. The molecule has 0 radical (unpaired) electrons. The van der Waals surface area contributed by atoms with E-state index in [9.17, 15) is 14.7 Å². The number of carbonyl (C=O) groups excluding carboxylic acids is 1. The third kappa shape index (κ3) is 8.11. The van der Waals surface area contributed by atoms with Crippen molar-refractivity contribution in [1.82, 2.24) is 5.32 Å². The van der Waals surface area contributed by atoms with Gasteiger partial charge in [-0.1, -0.05) is 48.5 Å². The lowest BCUT2D eigenvalue weighted by Crippen LogP contribution is -2.31. The Kier molecular flexibility index (Phi) is 10.4. The van der Waals surface area contributed by atoms with Gasteiger partial charge in [0.25, 0.3) is 0 Å². The van der Waals surface area contributed by atoms with E-state index in [1.165, 1.54) is 0 Å². The van der Waals surface area contributed by atoms with Crippen LogP contribution in [0.1, 0.15) is 53.9 Å². The molecule has 0 spiro atoms. The van der Waals surface area contributed by atoms with Crippen LogP contribution in [0.5, 0.6) is 0 Å². The molecule has 1 saturated heterocycles. The molecule has 8 nitrogen and oxygen atoms in total. The van der Waals surface area contributed by atoms with Crippen molar-refractivity contribution in [1.29, 1.82) is 0 Å². The standard InChI is InChI=1S/C25H31NO7S/c27-11-12-34-16-21-13-22(19-5-3-18(15-28)4-6-19)33-25(32-21)20-7-1-17(2-8-20)14-26-23(29)9-10-24(30)31/h1-8,21-22,25,27-28H,9-16H2,(H,26,29)(H,30,31)/t21-,22+,25+/m0/s1. The zero-order valence-corrected chi connectivity index (χ0v) is 19.7. The Labute approximate surface area is 203 Å². The van der Waals surface area contributed by atoms with Crippen LogP contribution in [-0.2, 0) is 32.2 Å². The molecule has 2 aromatic rings. The van der Waals surface area contributed by atoms with Crippen molar-refractivity contribution in [3.63, 3.8) is 0 Å². The molecule has 1 aliphatic rings. The summed E-state index contributed by atoms with van der Waals surface area (Å²) in [6.45, 7) is 0.424. The van der Waals surface area contributed by atoms with Gasteiger partial charge >= 0.3 is 5.97 Å². The minimum atomic E-state index is -0.998. The predicted molar refractivity (Wildman–Crippen MR) is 128 cm³/mol. The van der Waals surface area contributed by atoms with Crippen molar-refractivity contribution in [3.8, 4) is 0 Å². The van der Waals surface area contributed by atoms with Crippen molar-refractivity contribution in [3.05, 3.63) is 70.8 Å². The van der Waals surface area contributed by atoms with Crippen LogP contribution in [0, 0.1) is 0 Å². The van der Waals surface area contributed by atoms with Crippen molar-refractivity contribution < 1.29 is 34.4 Å². The zero-order chi connectivity index (χ0) is 24.3. The molecule has 4 N–H and O–H groups in total. The summed E-state index contributed by atoms with van der Waals surface area (Å²) in [7, 11) is 0. The van der Waals surface area contributed by atoms with E-state index >= 15 is 0 Å². The Balaban J connectivity index is 1.65. The lowest BCUT2D eigenvalue weighted by molar-refractivity contribution is -0.245. The number of carboxylic acids is 1. The van der Waals surface area contributed by atoms with Gasteiger partial charge in [0.1, 0.15) is 0 Å². The van der Waals surface area contributed by atoms with Gasteiger partial charge in [-0.15, -0.1) is 0 Å². The molecule has 0 saturated carbocycles. The first-order valence-electron chi connectivity index (χ1n) is 11.2. The molecule has 1 fully saturated rings. The van der Waals surface area contributed by atoms with E-state index < -0.39 is 12.3 Å². The van der Waals surface area contributed by atoms with Gasteiger partial charge < -0.3 is 30.1 Å². The molecule has 1 aliphatic heterocycles. The highest BCUT2D eigenvalue weighted by atomic mass is 32.2. The van der Waals surface area contributed by atoms with Gasteiger partial charge in [-0.05, 0) is 16.7 Å². The van der Waals surface area contributed by atoms with Crippen LogP contribution < -0.4 is 5.32 Å². The molecule has 184 valence electrons. The summed E-state index contributed by atoms with van der Waals surface area (Å²) >= 11 is 1.64. The molecule has 9 heteroatoms. The fourth-order valence-corrected chi connectivity index (χ4v) is 4.38. The molecular weight excluding hydrogens is 458 g/mol. The molecule has 3 atom stereocenters. The van der Waals surface area contributed by atoms with E-state index in [0.717, 1.165) is 28.0 Å². The van der Waals surface area contributed by atoms with Gasteiger partial charge in [0.2, 0.25) is 5.91 Å². The second-order valence-electron chi connectivity index (χ2n) is 8.06. The second-order valence-corrected chi connectivity index (χ2v) is 9.21. The average molecular weight is 490 g/mol. The van der Waals surface area contributed by atoms with Crippen LogP contribution in [-0.4, -0.2) is 51.4 Å². The normalized spacial score (nSPS) is 20.1. The van der Waals surface area contributed by atoms with E-state index in [1.807, 2.05) is 48.5 Å². The highest BCUT2D eigenvalue weighted by molar-refractivity contribution is 7.99. The summed E-state index contributed by atoms with van der Waals surface area (Å²) in [6, 6.07) is 15.3. The monoisotopic (exact) mass is 489 g/mol. The van der Waals surface area contributed by atoms with Crippen molar-refractivity contribution in [2.45, 2.75) is 50.9 Å². The first kappa shape index (κ1) is 26.2. The molecule has 3 rings (SSSR count). The van der Waals surface area contributed by atoms with E-state index in [-0.39, 0.29) is 44.2 Å². The molecular formula is C25H31NO7S. The fourth-order valence-electron chi connectivity index (χ4n) is 3.60. The fraction of sp³-hybridized carbons (Fsp3) is 0.440. The summed E-state index contributed by atoms with van der Waals surface area (Å²) < 4.78 is 12.5. The third-order valence-corrected chi connectivity index (χ3v) is 6.54. The maximum atomic E-state index is 11.7. The Morgan fingerprint density at radius 2 is 1.62 bits per heavy atom. The maximum Gasteiger partial charge on any atom is 0.303 e. The van der Waals surface area contributed by atoms with Gasteiger partial charge in [-0.3, -0.25) is 9.59 Å². The van der Waals surface area contributed by atoms with E-state index in [1.54, 1.807) is 11.8 Å². The quantitative estimate of drug-likeness (QED) is 0.336. The number of nitrogens with one attached hydrogen (secondary N) is 1. The molecule has 0 unspecified atom stereocenters. The molecule has 0 aliphatic carbocycles. The van der Waals surface area contributed by atoms with E-state index in [4.69, 9.17) is 19.7 Å². The first-order chi connectivity index (χ1) is 16.5. The Bertz CT molecular complexity index is 920. The number of hydrogen-bond donors (Lipinski definition) is 4. The molecule has 34 heavy (non-hydrogen) atoms. The molecule has 1 amide bonds. The number of carboxylic acid groups (broad SMARTS) is 1. The van der Waals surface area contributed by atoms with Gasteiger partial charge in [-0.25, -0.2) is 0 Å². The van der Waals surface area contributed by atoms with Crippen LogP contribution in [0.25, 0.3) is 0 Å². The number of thioether (sulfide) groups is 1. The predicted octanol–water partition coefficient (Wildman–Crippen LogP) is 2.93. The first-order valence-corrected chi connectivity index (χ1v) is 12.4. The Morgan fingerprint density at radius 3 is 2.26 bits per heavy atom. The number of aliphatic carboxylic acids is 1. The second kappa shape index (κ2) is 13.5. The van der Waals surface area contributed by atoms with Crippen LogP contribution in [0.15, 0.2) is 48.5 Å². The summed E-state index contributed by atoms with van der Waals surface area (Å²) in [5, 5.41) is 29.8. The summed E-state index contributed by atoms with van der Waals surface area (Å²) in [6.07, 6.45) is -0.329. The summed E-state index contributed by atoms with van der Waals surface area (Å²) in [5.74, 6) is 0.0895. The number of amides is 1. The maximum absolute atomic E-state index is 11.7. The zero-order valence-electron chi connectivity index (χ0n) is 18.9. The number of rotatable bonds is 12. The topological polar surface area (TPSA) is 125 Å². The number of benzene rings is 2. The highest BCUT2D eigenvalue weighted by Gasteiger charge is 2.32. The van der Waals surface area contributed by atoms with Gasteiger partial charge in [0.05, 0.1) is 31.8 Å². The lowest BCUT2D eigenvalue weighted by atomic mass is 10.0. The molecule has 2 aromatic carbocycles. The van der Waals surface area contributed by atoms with Crippen molar-refractivity contribution >= 4 is 23.6 Å². The largest absolute Gasteiger partial charge is 0.481 e. The number of ether oxygens (including phenoxy) is 2. The van der Waals surface area contributed by atoms with Crippen LogP contribution >= 0.6 is 11.8 Å². The van der Waals surface area contributed by atoms with Crippen LogP contribution in [0.2, 0.25) is 0 Å². The molecule has 0 aromatic heterocycles. The number of aliphatic hydroxyl groups is 2. The van der Waals surface area contributed by atoms with Crippen LogP contribution in [0.3, 0.4) is 0 Å². The summed E-state index contributed by atoms with van der Waals surface area (Å²) in [4.78, 5) is 22.3. The minimum Gasteiger partial charge on any atom is -0.481 e. The lowest BCUT2D eigenvalue weighted by Gasteiger charge is -2.36. The number of carbonyl (C=O) groups is 2. The van der Waals surface area contributed by atoms with Crippen molar-refractivity contribution in [2.24, 2.45) is 0 Å². The molecule has 1 heterocycles. The Morgan fingerprint density at radius 1 is 0.941 bits per heavy atom.